The van der Waals surface area contributed by atoms with Crippen molar-refractivity contribution in [2.24, 2.45) is 7.05 Å². The highest BCUT2D eigenvalue weighted by Crippen LogP contribution is 2.26. The summed E-state index contributed by atoms with van der Waals surface area (Å²) >= 11 is 1.26. The van der Waals surface area contributed by atoms with E-state index in [1.165, 1.54) is 22.2 Å². The molecule has 0 saturated heterocycles. The summed E-state index contributed by atoms with van der Waals surface area (Å²) in [7, 11) is 3.64. The maximum absolute atomic E-state index is 12.5. The molecule has 0 atom stereocenters. The van der Waals surface area contributed by atoms with E-state index in [0.717, 1.165) is 5.69 Å². The van der Waals surface area contributed by atoms with Crippen molar-refractivity contribution in [1.29, 1.82) is 0 Å². The number of nitrogens with zero attached hydrogens (tertiary/aromatic N) is 3. The summed E-state index contributed by atoms with van der Waals surface area (Å²) in [6.45, 7) is 3.01. The van der Waals surface area contributed by atoms with Crippen LogP contribution in [0.1, 0.15) is 15.2 Å². The minimum atomic E-state index is -0.163. The van der Waals surface area contributed by atoms with Gasteiger partial charge < -0.3 is 14.8 Å². The number of para-hydroxylation sites is 1. The lowest BCUT2D eigenvalue weighted by Crippen LogP contribution is -2.32. The molecule has 0 aliphatic carbocycles. The molecule has 0 radical (unpaired) electrons. The van der Waals surface area contributed by atoms with E-state index in [1.807, 2.05) is 37.4 Å². The van der Waals surface area contributed by atoms with Gasteiger partial charge in [-0.05, 0) is 24.6 Å². The van der Waals surface area contributed by atoms with Gasteiger partial charge in [-0.3, -0.25) is 9.59 Å². The average Bonchev–Trinajstić information content (AvgIpc) is 2.96. The minimum Gasteiger partial charge on any atom is -0.373 e. The van der Waals surface area contributed by atoms with Crippen LogP contribution in [0.25, 0.3) is 10.2 Å². The van der Waals surface area contributed by atoms with E-state index in [1.54, 1.807) is 14.0 Å². The summed E-state index contributed by atoms with van der Waals surface area (Å²) in [6.07, 6.45) is 1.48. The van der Waals surface area contributed by atoms with Gasteiger partial charge in [-0.15, -0.1) is 11.3 Å². The summed E-state index contributed by atoms with van der Waals surface area (Å²) in [5, 5.41) is 3.46. The number of carbonyl (C=O) groups excluding carboxylic acids is 1. The van der Waals surface area contributed by atoms with Gasteiger partial charge in [-0.1, -0.05) is 18.2 Å². The SMILES string of the molecule is Cc1c(C(=O)NCCN(C)c2ccccc2)sc2ncn(C)c(=O)c12. The molecule has 7 heteroatoms. The molecule has 6 nitrogen and oxygen atoms in total. The normalized spacial score (nSPS) is 10.8. The third-order valence-electron chi connectivity index (χ3n) is 4.15. The number of anilines is 1. The van der Waals surface area contributed by atoms with Crippen molar-refractivity contribution in [2.75, 3.05) is 25.0 Å². The molecule has 0 bridgehead atoms. The number of benzene rings is 1. The van der Waals surface area contributed by atoms with Gasteiger partial charge in [0.15, 0.2) is 0 Å². The lowest BCUT2D eigenvalue weighted by Gasteiger charge is -2.19. The Hall–Kier alpha value is -2.67. The molecule has 0 fully saturated rings. The monoisotopic (exact) mass is 356 g/mol. The van der Waals surface area contributed by atoms with Crippen LogP contribution < -0.4 is 15.8 Å². The van der Waals surface area contributed by atoms with Crippen LogP contribution in [0.4, 0.5) is 5.69 Å². The number of aryl methyl sites for hydroxylation is 2. The van der Waals surface area contributed by atoms with E-state index in [2.05, 4.69) is 15.2 Å². The fraction of sp³-hybridized carbons (Fsp3) is 0.278. The molecule has 3 rings (SSSR count). The Morgan fingerprint density at radius 1 is 1.32 bits per heavy atom. The van der Waals surface area contributed by atoms with Crippen LogP contribution in [0.15, 0.2) is 41.5 Å². The van der Waals surface area contributed by atoms with Crippen LogP contribution >= 0.6 is 11.3 Å². The zero-order chi connectivity index (χ0) is 18.0. The molecular weight excluding hydrogens is 336 g/mol. The molecule has 1 N–H and O–H groups in total. The zero-order valence-electron chi connectivity index (χ0n) is 14.4. The smallest absolute Gasteiger partial charge is 0.262 e. The second-order valence-electron chi connectivity index (χ2n) is 5.91. The first kappa shape index (κ1) is 17.2. The van der Waals surface area contributed by atoms with Crippen molar-refractivity contribution < 1.29 is 4.79 Å². The molecule has 25 heavy (non-hydrogen) atoms. The van der Waals surface area contributed by atoms with Gasteiger partial charge in [-0.25, -0.2) is 4.98 Å². The molecule has 0 unspecified atom stereocenters. The van der Waals surface area contributed by atoms with Gasteiger partial charge in [-0.2, -0.15) is 0 Å². The van der Waals surface area contributed by atoms with Crippen molar-refractivity contribution >= 4 is 33.1 Å². The summed E-state index contributed by atoms with van der Waals surface area (Å²) in [6, 6.07) is 10.00. The van der Waals surface area contributed by atoms with Crippen molar-refractivity contribution in [3.05, 3.63) is 57.5 Å². The zero-order valence-corrected chi connectivity index (χ0v) is 15.3. The third-order valence-corrected chi connectivity index (χ3v) is 5.35. The maximum atomic E-state index is 12.5. The highest BCUT2D eigenvalue weighted by atomic mass is 32.1. The maximum Gasteiger partial charge on any atom is 0.262 e. The fourth-order valence-electron chi connectivity index (χ4n) is 2.65. The number of thiophene rings is 1. The van der Waals surface area contributed by atoms with Gasteiger partial charge in [0.1, 0.15) is 4.83 Å². The molecule has 3 aromatic rings. The first-order valence-electron chi connectivity index (χ1n) is 7.98. The Labute approximate surface area is 149 Å². The standard InChI is InChI=1S/C18H20N4O2S/c1-12-14-17(20-11-22(3)18(14)24)25-15(12)16(23)19-9-10-21(2)13-7-5-4-6-8-13/h4-8,11H,9-10H2,1-3H3,(H,19,23). The number of fused-ring (bicyclic) bond motifs is 1. The Morgan fingerprint density at radius 3 is 2.76 bits per heavy atom. The fourth-order valence-corrected chi connectivity index (χ4v) is 3.71. The number of nitrogens with one attached hydrogen (secondary N) is 1. The molecule has 130 valence electrons. The summed E-state index contributed by atoms with van der Waals surface area (Å²) < 4.78 is 1.43. The number of rotatable bonds is 5. The first-order valence-corrected chi connectivity index (χ1v) is 8.80. The molecule has 1 aromatic carbocycles. The van der Waals surface area contributed by atoms with Crippen LogP contribution in [0.2, 0.25) is 0 Å². The topological polar surface area (TPSA) is 67.2 Å². The van der Waals surface area contributed by atoms with Crippen molar-refractivity contribution in [3.8, 4) is 0 Å². The van der Waals surface area contributed by atoms with Crippen LogP contribution in [0.3, 0.4) is 0 Å². The van der Waals surface area contributed by atoms with Gasteiger partial charge in [0.25, 0.3) is 11.5 Å². The predicted molar refractivity (Wildman–Crippen MR) is 102 cm³/mol. The second-order valence-corrected chi connectivity index (χ2v) is 6.91. The number of likely N-dealkylation sites (N-methyl/N-ethyl adjacent to an activating group) is 1. The van der Waals surface area contributed by atoms with Crippen LogP contribution in [-0.2, 0) is 7.05 Å². The Kier molecular flexibility index (Phi) is 4.85. The van der Waals surface area contributed by atoms with Crippen molar-refractivity contribution in [1.82, 2.24) is 14.9 Å². The summed E-state index contributed by atoms with van der Waals surface area (Å²) in [4.78, 5) is 32.2. The highest BCUT2D eigenvalue weighted by Gasteiger charge is 2.18. The number of carbonyl (C=O) groups is 1. The second kappa shape index (κ2) is 7.06. The van der Waals surface area contributed by atoms with E-state index in [0.29, 0.717) is 33.7 Å². The molecule has 2 heterocycles. The first-order chi connectivity index (χ1) is 12.0. The molecule has 0 saturated carbocycles. The molecule has 0 aliphatic rings. The number of aromatic nitrogens is 2. The van der Waals surface area contributed by atoms with Crippen molar-refractivity contribution in [2.45, 2.75) is 6.92 Å². The lowest BCUT2D eigenvalue weighted by molar-refractivity contribution is 0.0958. The average molecular weight is 356 g/mol. The number of hydrogen-bond acceptors (Lipinski definition) is 5. The summed E-state index contributed by atoms with van der Waals surface area (Å²) in [5.74, 6) is -0.163. The lowest BCUT2D eigenvalue weighted by atomic mass is 10.2. The van der Waals surface area contributed by atoms with Crippen LogP contribution in [0.5, 0.6) is 0 Å². The van der Waals surface area contributed by atoms with E-state index in [9.17, 15) is 9.59 Å². The highest BCUT2D eigenvalue weighted by molar-refractivity contribution is 7.20. The Bertz CT molecular complexity index is 962. The molecule has 0 aliphatic heterocycles. The Balaban J connectivity index is 1.70. The van der Waals surface area contributed by atoms with Crippen LogP contribution in [-0.4, -0.2) is 35.6 Å². The molecular formula is C18H20N4O2S. The summed E-state index contributed by atoms with van der Waals surface area (Å²) in [5.41, 5.74) is 1.67. The van der Waals surface area contributed by atoms with Gasteiger partial charge in [0, 0.05) is 32.9 Å². The largest absolute Gasteiger partial charge is 0.373 e. The predicted octanol–water partition coefficient (Wildman–Crippen LogP) is 2.17. The van der Waals surface area contributed by atoms with E-state index in [4.69, 9.17) is 0 Å². The molecule has 1 amide bonds. The Morgan fingerprint density at radius 2 is 2.04 bits per heavy atom. The van der Waals surface area contributed by atoms with Gasteiger partial charge in [0.05, 0.1) is 16.6 Å². The quantitative estimate of drug-likeness (QED) is 0.761. The van der Waals surface area contributed by atoms with Crippen molar-refractivity contribution in [3.63, 3.8) is 0 Å². The van der Waals surface area contributed by atoms with E-state index >= 15 is 0 Å². The molecule has 2 aromatic heterocycles. The molecule has 0 spiro atoms. The third kappa shape index (κ3) is 3.41. The van der Waals surface area contributed by atoms with E-state index < -0.39 is 0 Å². The van der Waals surface area contributed by atoms with Gasteiger partial charge >= 0.3 is 0 Å². The van der Waals surface area contributed by atoms with Gasteiger partial charge in [0.2, 0.25) is 0 Å². The van der Waals surface area contributed by atoms with E-state index in [-0.39, 0.29) is 11.5 Å². The number of amides is 1. The number of hydrogen-bond donors (Lipinski definition) is 1. The minimum absolute atomic E-state index is 0.124. The van der Waals surface area contributed by atoms with Crippen LogP contribution in [0, 0.1) is 6.92 Å².